The summed E-state index contributed by atoms with van der Waals surface area (Å²) in [4.78, 5) is 0. The molecule has 0 spiro atoms. The topological polar surface area (TPSA) is 9.23 Å². The van der Waals surface area contributed by atoms with E-state index in [1.165, 1.54) is 6.08 Å². The van der Waals surface area contributed by atoms with Gasteiger partial charge in [-0.15, -0.1) is 0 Å². The van der Waals surface area contributed by atoms with Gasteiger partial charge in [0.05, 0.1) is 6.10 Å². The summed E-state index contributed by atoms with van der Waals surface area (Å²) in [6, 6.07) is 0. The molecule has 0 bridgehead atoms. The van der Waals surface area contributed by atoms with E-state index in [1.807, 2.05) is 13.8 Å². The molecule has 1 atom stereocenters. The van der Waals surface area contributed by atoms with E-state index in [1.54, 1.807) is 6.08 Å². The van der Waals surface area contributed by atoms with Gasteiger partial charge >= 0.3 is 0 Å². The monoisotopic (exact) mass is 280 g/mol. The first-order chi connectivity index (χ1) is 9.34. The van der Waals surface area contributed by atoms with Crippen LogP contribution in [0, 0.1) is 0 Å². The Hall–Kier alpha value is -1.74. The van der Waals surface area contributed by atoms with Gasteiger partial charge in [-0.2, -0.15) is 0 Å². The summed E-state index contributed by atoms with van der Waals surface area (Å²) in [5.41, 5.74) is 0.873. The van der Waals surface area contributed by atoms with E-state index in [4.69, 9.17) is 4.74 Å². The Morgan fingerprint density at radius 3 is 2.30 bits per heavy atom. The summed E-state index contributed by atoms with van der Waals surface area (Å²) < 4.78 is 32.0. The largest absolute Gasteiger partial charge is 0.374 e. The number of hydrogen-bond acceptors (Lipinski definition) is 1. The first-order valence-corrected chi connectivity index (χ1v) is 6.39. The molecule has 0 aliphatic carbocycles. The van der Waals surface area contributed by atoms with Gasteiger partial charge in [-0.3, -0.25) is 0 Å². The van der Waals surface area contributed by atoms with Crippen molar-refractivity contribution in [3.8, 4) is 0 Å². The van der Waals surface area contributed by atoms with Gasteiger partial charge in [0.1, 0.15) is 0 Å². The van der Waals surface area contributed by atoms with E-state index < -0.39 is 11.7 Å². The summed E-state index contributed by atoms with van der Waals surface area (Å²) >= 11 is 0. The summed E-state index contributed by atoms with van der Waals surface area (Å²) in [5, 5.41) is 0. The fraction of sp³-hybridized carbons (Fsp3) is 0.294. The lowest BCUT2D eigenvalue weighted by atomic mass is 10.1. The molecule has 0 aromatic heterocycles. The lowest BCUT2D eigenvalue weighted by molar-refractivity contribution is 0.0929. The zero-order valence-corrected chi connectivity index (χ0v) is 12.2. The number of rotatable bonds is 9. The molecular weight excluding hydrogens is 258 g/mol. The SMILES string of the molecule is C=C/C(F)=C(/F)C(=C)C(=C)/C=C\C(=C)C(C)OCCC. The van der Waals surface area contributed by atoms with Crippen LogP contribution in [0.15, 0.2) is 72.9 Å². The second-order valence-corrected chi connectivity index (χ2v) is 4.29. The number of halogens is 2. The van der Waals surface area contributed by atoms with Crippen molar-refractivity contribution in [3.63, 3.8) is 0 Å². The predicted molar refractivity (Wildman–Crippen MR) is 81.7 cm³/mol. The Kier molecular flexibility index (Phi) is 8.41. The molecule has 1 unspecified atom stereocenters. The van der Waals surface area contributed by atoms with Crippen molar-refractivity contribution in [2.45, 2.75) is 26.4 Å². The van der Waals surface area contributed by atoms with E-state index in [0.29, 0.717) is 6.61 Å². The van der Waals surface area contributed by atoms with Crippen molar-refractivity contribution in [2.75, 3.05) is 6.61 Å². The molecular formula is C17H22F2O. The highest BCUT2D eigenvalue weighted by Crippen LogP contribution is 2.23. The minimum absolute atomic E-state index is 0.117. The van der Waals surface area contributed by atoms with Crippen LogP contribution in [0.2, 0.25) is 0 Å². The van der Waals surface area contributed by atoms with Crippen molar-refractivity contribution in [1.29, 1.82) is 0 Å². The molecule has 0 heterocycles. The standard InChI is InChI=1S/C17H22F2O/c1-7-11-20-15(6)13(4)10-9-12(3)14(5)17(19)16(18)8-2/h8-10,15H,2-5,7,11H2,1,6H3/b10-9-,17-16-. The third-order valence-corrected chi connectivity index (χ3v) is 2.63. The number of ether oxygens (including phenoxy) is 1. The van der Waals surface area contributed by atoms with Crippen LogP contribution in [-0.4, -0.2) is 12.7 Å². The van der Waals surface area contributed by atoms with Gasteiger partial charge in [0, 0.05) is 12.2 Å². The maximum atomic E-state index is 13.5. The van der Waals surface area contributed by atoms with E-state index in [0.717, 1.165) is 18.1 Å². The molecule has 0 rings (SSSR count). The first-order valence-electron chi connectivity index (χ1n) is 6.39. The van der Waals surface area contributed by atoms with Crippen LogP contribution in [0.4, 0.5) is 8.78 Å². The van der Waals surface area contributed by atoms with Crippen LogP contribution in [0.1, 0.15) is 20.3 Å². The molecule has 20 heavy (non-hydrogen) atoms. The second-order valence-electron chi connectivity index (χ2n) is 4.29. The highest BCUT2D eigenvalue weighted by molar-refractivity contribution is 5.49. The number of hydrogen-bond donors (Lipinski definition) is 0. The molecule has 0 aromatic carbocycles. The van der Waals surface area contributed by atoms with Gasteiger partial charge in [-0.05, 0) is 30.6 Å². The summed E-state index contributed by atoms with van der Waals surface area (Å²) in [5.74, 6) is -2.11. The Bertz CT molecular complexity index is 456. The maximum Gasteiger partial charge on any atom is 0.165 e. The van der Waals surface area contributed by atoms with E-state index in [2.05, 4.69) is 26.3 Å². The fourth-order valence-corrected chi connectivity index (χ4v) is 1.22. The van der Waals surface area contributed by atoms with Crippen molar-refractivity contribution in [1.82, 2.24) is 0 Å². The lowest BCUT2D eigenvalue weighted by Gasteiger charge is -2.12. The Morgan fingerprint density at radius 1 is 1.20 bits per heavy atom. The third-order valence-electron chi connectivity index (χ3n) is 2.63. The minimum atomic E-state index is -1.06. The highest BCUT2D eigenvalue weighted by Gasteiger charge is 2.09. The van der Waals surface area contributed by atoms with Crippen LogP contribution < -0.4 is 0 Å². The second kappa shape index (κ2) is 9.21. The third kappa shape index (κ3) is 5.93. The van der Waals surface area contributed by atoms with Gasteiger partial charge in [0.2, 0.25) is 0 Å². The molecule has 110 valence electrons. The molecule has 0 N–H and O–H groups in total. The van der Waals surface area contributed by atoms with Gasteiger partial charge in [0.15, 0.2) is 11.7 Å². The zero-order valence-electron chi connectivity index (χ0n) is 12.2. The smallest absolute Gasteiger partial charge is 0.165 e. The molecule has 0 saturated heterocycles. The number of allylic oxidation sites excluding steroid dienone is 6. The summed E-state index contributed by atoms with van der Waals surface area (Å²) in [6.45, 7) is 18.6. The van der Waals surface area contributed by atoms with Crippen LogP contribution in [0.5, 0.6) is 0 Å². The van der Waals surface area contributed by atoms with Gasteiger partial charge in [-0.25, -0.2) is 8.78 Å². The van der Waals surface area contributed by atoms with E-state index >= 15 is 0 Å². The van der Waals surface area contributed by atoms with Gasteiger partial charge in [-0.1, -0.05) is 45.4 Å². The van der Waals surface area contributed by atoms with Crippen molar-refractivity contribution in [3.05, 3.63) is 72.9 Å². The fourth-order valence-electron chi connectivity index (χ4n) is 1.22. The quantitative estimate of drug-likeness (QED) is 0.516. The summed E-state index contributed by atoms with van der Waals surface area (Å²) in [6.07, 6.45) is 4.76. The highest BCUT2D eigenvalue weighted by atomic mass is 19.2. The maximum absolute atomic E-state index is 13.5. The predicted octanol–water partition coefficient (Wildman–Crippen LogP) is 5.36. The average Bonchev–Trinajstić information content (AvgIpc) is 2.46. The Labute approximate surface area is 120 Å². The van der Waals surface area contributed by atoms with Crippen LogP contribution in [-0.2, 0) is 4.74 Å². The zero-order chi connectivity index (χ0) is 15.7. The molecule has 0 radical (unpaired) electrons. The normalized spacial score (nSPS) is 13.8. The van der Waals surface area contributed by atoms with Crippen LogP contribution >= 0.6 is 0 Å². The van der Waals surface area contributed by atoms with E-state index in [9.17, 15) is 8.78 Å². The molecule has 0 aromatic rings. The molecule has 0 aliphatic heterocycles. The van der Waals surface area contributed by atoms with Crippen molar-refractivity contribution >= 4 is 0 Å². The molecule has 3 heteroatoms. The molecule has 0 fully saturated rings. The van der Waals surface area contributed by atoms with Crippen molar-refractivity contribution < 1.29 is 13.5 Å². The first kappa shape index (κ1) is 18.3. The molecule has 0 aliphatic rings. The Morgan fingerprint density at radius 2 is 1.80 bits per heavy atom. The molecule has 0 saturated carbocycles. The average molecular weight is 280 g/mol. The summed E-state index contributed by atoms with van der Waals surface area (Å²) in [7, 11) is 0. The van der Waals surface area contributed by atoms with Gasteiger partial charge in [0.25, 0.3) is 0 Å². The lowest BCUT2D eigenvalue weighted by Crippen LogP contribution is -2.10. The van der Waals surface area contributed by atoms with E-state index in [-0.39, 0.29) is 17.3 Å². The van der Waals surface area contributed by atoms with Gasteiger partial charge < -0.3 is 4.74 Å². The minimum Gasteiger partial charge on any atom is -0.374 e. The Balaban J connectivity index is 4.68. The van der Waals surface area contributed by atoms with Crippen molar-refractivity contribution in [2.24, 2.45) is 0 Å². The molecule has 1 nitrogen and oxygen atoms in total. The van der Waals surface area contributed by atoms with Crippen LogP contribution in [0.3, 0.4) is 0 Å². The molecule has 0 amide bonds. The van der Waals surface area contributed by atoms with Crippen LogP contribution in [0.25, 0.3) is 0 Å².